The quantitative estimate of drug-likeness (QED) is 0.822. The fourth-order valence-electron chi connectivity index (χ4n) is 3.17. The van der Waals surface area contributed by atoms with Crippen LogP contribution in [0.2, 0.25) is 0 Å². The van der Waals surface area contributed by atoms with Gasteiger partial charge in [0.25, 0.3) is 5.91 Å². The lowest BCUT2D eigenvalue weighted by molar-refractivity contribution is 0.0946. The Balaban J connectivity index is 1.71. The van der Waals surface area contributed by atoms with E-state index in [2.05, 4.69) is 15.3 Å². The lowest BCUT2D eigenvalue weighted by Crippen LogP contribution is -2.36. The van der Waals surface area contributed by atoms with Gasteiger partial charge in [0.15, 0.2) is 9.84 Å². The van der Waals surface area contributed by atoms with Crippen LogP contribution in [-0.4, -0.2) is 48.4 Å². The third-order valence-corrected chi connectivity index (χ3v) is 6.25. The molecule has 1 amide bonds. The Hall–Kier alpha value is -2.48. The number of pyridine rings is 2. The third-order valence-electron chi connectivity index (χ3n) is 4.50. The van der Waals surface area contributed by atoms with E-state index in [1.54, 1.807) is 24.7 Å². The predicted molar refractivity (Wildman–Crippen MR) is 99.7 cm³/mol. The highest BCUT2D eigenvalue weighted by Gasteiger charge is 2.32. The summed E-state index contributed by atoms with van der Waals surface area (Å²) in [6, 6.07) is 7.15. The van der Waals surface area contributed by atoms with Gasteiger partial charge in [-0.25, -0.2) is 8.42 Å². The van der Waals surface area contributed by atoms with Crippen LogP contribution in [0.3, 0.4) is 0 Å². The van der Waals surface area contributed by atoms with Gasteiger partial charge in [-0.15, -0.1) is 0 Å². The molecule has 0 spiro atoms. The Morgan fingerprint density at radius 3 is 2.69 bits per heavy atom. The molecule has 1 unspecified atom stereocenters. The Bertz CT molecular complexity index is 871. The van der Waals surface area contributed by atoms with Crippen LogP contribution >= 0.6 is 0 Å². The zero-order chi connectivity index (χ0) is 18.6. The van der Waals surface area contributed by atoms with Crippen molar-refractivity contribution in [3.05, 3.63) is 54.1 Å². The second-order valence-electron chi connectivity index (χ2n) is 6.28. The number of sulfone groups is 1. The van der Waals surface area contributed by atoms with E-state index in [1.165, 1.54) is 0 Å². The summed E-state index contributed by atoms with van der Waals surface area (Å²) >= 11 is 0. The first-order valence-corrected chi connectivity index (χ1v) is 10.4. The number of nitrogens with one attached hydrogen (secondary N) is 1. The summed E-state index contributed by atoms with van der Waals surface area (Å²) in [5, 5.41) is 2.84. The summed E-state index contributed by atoms with van der Waals surface area (Å²) in [7, 11) is -2.97. The molecule has 0 aromatic carbocycles. The summed E-state index contributed by atoms with van der Waals surface area (Å²) in [5.74, 6) is 0.115. The van der Waals surface area contributed by atoms with Crippen molar-refractivity contribution in [3.63, 3.8) is 0 Å². The number of anilines is 1. The van der Waals surface area contributed by atoms with Crippen molar-refractivity contribution >= 4 is 21.4 Å². The summed E-state index contributed by atoms with van der Waals surface area (Å²) in [6.45, 7) is 3.04. The number of carbonyl (C=O) groups excluding carboxylic acids is 1. The zero-order valence-electron chi connectivity index (χ0n) is 14.6. The van der Waals surface area contributed by atoms with Gasteiger partial charge in [-0.2, -0.15) is 0 Å². The number of carbonyl (C=O) groups is 1. The van der Waals surface area contributed by atoms with Crippen LogP contribution in [0.15, 0.2) is 42.9 Å². The van der Waals surface area contributed by atoms with Crippen LogP contribution in [0.4, 0.5) is 5.69 Å². The van der Waals surface area contributed by atoms with Crippen molar-refractivity contribution in [2.45, 2.75) is 25.9 Å². The van der Waals surface area contributed by atoms with Gasteiger partial charge in [0, 0.05) is 43.4 Å². The molecule has 1 aliphatic rings. The van der Waals surface area contributed by atoms with E-state index in [4.69, 9.17) is 0 Å². The second kappa shape index (κ2) is 7.82. The monoisotopic (exact) mass is 374 g/mol. The lowest BCUT2D eigenvalue weighted by atomic mass is 10.2. The maximum absolute atomic E-state index is 12.4. The molecule has 7 nitrogen and oxygen atoms in total. The highest BCUT2D eigenvalue weighted by molar-refractivity contribution is 7.91. The number of hydrogen-bond acceptors (Lipinski definition) is 6. The summed E-state index contributed by atoms with van der Waals surface area (Å²) in [5.41, 5.74) is 2.09. The smallest absolute Gasteiger partial charge is 0.270 e. The summed E-state index contributed by atoms with van der Waals surface area (Å²) in [4.78, 5) is 22.5. The van der Waals surface area contributed by atoms with E-state index in [9.17, 15) is 13.2 Å². The highest BCUT2D eigenvalue weighted by atomic mass is 32.2. The predicted octanol–water partition coefficient (Wildman–Crippen LogP) is 1.42. The van der Waals surface area contributed by atoms with Crippen molar-refractivity contribution in [2.24, 2.45) is 0 Å². The number of aromatic nitrogens is 2. The van der Waals surface area contributed by atoms with E-state index in [0.29, 0.717) is 25.2 Å². The van der Waals surface area contributed by atoms with Crippen LogP contribution < -0.4 is 10.2 Å². The third kappa shape index (κ3) is 4.37. The minimum atomic E-state index is -2.97. The molecule has 1 atom stereocenters. The van der Waals surface area contributed by atoms with Crippen LogP contribution in [0.25, 0.3) is 0 Å². The van der Waals surface area contributed by atoms with Gasteiger partial charge in [-0.3, -0.25) is 14.8 Å². The maximum atomic E-state index is 12.4. The summed E-state index contributed by atoms with van der Waals surface area (Å²) < 4.78 is 23.6. The van der Waals surface area contributed by atoms with Gasteiger partial charge in [0.2, 0.25) is 0 Å². The molecular formula is C18H22N4O3S. The van der Waals surface area contributed by atoms with E-state index in [0.717, 1.165) is 11.3 Å². The summed E-state index contributed by atoms with van der Waals surface area (Å²) in [6.07, 6.45) is 5.55. The minimum Gasteiger partial charge on any atom is -0.368 e. The van der Waals surface area contributed by atoms with Crippen LogP contribution in [0.1, 0.15) is 29.4 Å². The van der Waals surface area contributed by atoms with Crippen LogP contribution in [-0.2, 0) is 16.4 Å². The lowest BCUT2D eigenvalue weighted by Gasteiger charge is -2.29. The largest absolute Gasteiger partial charge is 0.368 e. The molecule has 8 heteroatoms. The van der Waals surface area contributed by atoms with E-state index < -0.39 is 9.84 Å². The second-order valence-corrected chi connectivity index (χ2v) is 8.51. The average Bonchev–Trinajstić information content (AvgIpc) is 3.01. The number of nitrogens with zero attached hydrogens (tertiary/aromatic N) is 3. The molecule has 0 radical (unpaired) electrons. The Morgan fingerprint density at radius 2 is 2.04 bits per heavy atom. The molecule has 0 saturated carbocycles. The number of hydrogen-bond donors (Lipinski definition) is 1. The minimum absolute atomic E-state index is 0.0554. The van der Waals surface area contributed by atoms with Crippen molar-refractivity contribution in [3.8, 4) is 0 Å². The fourth-order valence-corrected chi connectivity index (χ4v) is 4.90. The highest BCUT2D eigenvalue weighted by Crippen LogP contribution is 2.24. The topological polar surface area (TPSA) is 92.3 Å². The molecule has 1 aliphatic heterocycles. The molecule has 1 fully saturated rings. The standard InChI is InChI=1S/C18H22N4O3S/c1-2-22(16-6-10-26(24,25)13-16)15-5-9-20-17(11-15)18(23)21-12-14-3-7-19-8-4-14/h3-5,7-9,11,16H,2,6,10,12-13H2,1H3,(H,21,23). The van der Waals surface area contributed by atoms with Gasteiger partial charge in [0.1, 0.15) is 5.69 Å². The number of amides is 1. The molecule has 3 rings (SSSR count). The van der Waals surface area contributed by atoms with Gasteiger partial charge in [-0.05, 0) is 43.2 Å². The van der Waals surface area contributed by atoms with Crippen molar-refractivity contribution in [1.29, 1.82) is 0 Å². The van der Waals surface area contributed by atoms with Crippen LogP contribution in [0, 0.1) is 0 Å². The van der Waals surface area contributed by atoms with Gasteiger partial charge in [-0.1, -0.05) is 0 Å². The molecule has 3 heterocycles. The number of rotatable bonds is 6. The molecule has 0 bridgehead atoms. The van der Waals surface area contributed by atoms with Gasteiger partial charge >= 0.3 is 0 Å². The molecule has 138 valence electrons. The molecule has 2 aromatic heterocycles. The molecule has 0 aliphatic carbocycles. The SMILES string of the molecule is CCN(c1ccnc(C(=O)NCc2ccncc2)c1)C1CCS(=O)(=O)C1. The first kappa shape index (κ1) is 18.3. The normalized spacial score (nSPS) is 18.4. The van der Waals surface area contributed by atoms with E-state index in [-0.39, 0.29) is 23.5 Å². The van der Waals surface area contributed by atoms with Crippen molar-refractivity contribution in [2.75, 3.05) is 23.0 Å². The van der Waals surface area contributed by atoms with Crippen LogP contribution in [0.5, 0.6) is 0 Å². The first-order valence-electron chi connectivity index (χ1n) is 8.59. The zero-order valence-corrected chi connectivity index (χ0v) is 15.4. The van der Waals surface area contributed by atoms with Gasteiger partial charge in [0.05, 0.1) is 11.5 Å². The fraction of sp³-hybridized carbons (Fsp3) is 0.389. The van der Waals surface area contributed by atoms with Crippen molar-refractivity contribution in [1.82, 2.24) is 15.3 Å². The first-order chi connectivity index (χ1) is 12.5. The molecule has 2 aromatic rings. The molecular weight excluding hydrogens is 352 g/mol. The Labute approximate surface area is 153 Å². The molecule has 1 saturated heterocycles. The van der Waals surface area contributed by atoms with Gasteiger partial charge < -0.3 is 10.2 Å². The Morgan fingerprint density at radius 1 is 1.27 bits per heavy atom. The van der Waals surface area contributed by atoms with E-state index in [1.807, 2.05) is 30.0 Å². The molecule has 26 heavy (non-hydrogen) atoms. The molecule has 1 N–H and O–H groups in total. The maximum Gasteiger partial charge on any atom is 0.270 e. The van der Waals surface area contributed by atoms with Crippen molar-refractivity contribution < 1.29 is 13.2 Å². The average molecular weight is 374 g/mol. The van der Waals surface area contributed by atoms with E-state index >= 15 is 0 Å². The Kier molecular flexibility index (Phi) is 5.51.